The minimum absolute atomic E-state index is 0.446. The predicted octanol–water partition coefficient (Wildman–Crippen LogP) is 2.46. The molecule has 1 aromatic rings. The van der Waals surface area contributed by atoms with Crippen molar-refractivity contribution in [1.82, 2.24) is 4.90 Å². The molecule has 2 atom stereocenters. The number of benzene rings is 1. The molecule has 0 saturated carbocycles. The number of aliphatic imine (C=N–C) groups is 1. The summed E-state index contributed by atoms with van der Waals surface area (Å²) in [5.41, 5.74) is 7.02. The van der Waals surface area contributed by atoms with Gasteiger partial charge in [-0.3, -0.25) is 0 Å². The second-order valence-corrected chi connectivity index (χ2v) is 5.80. The average Bonchev–Trinajstić information content (AvgIpc) is 2.34. The van der Waals surface area contributed by atoms with Gasteiger partial charge >= 0.3 is 0 Å². The van der Waals surface area contributed by atoms with Crippen LogP contribution in [0.25, 0.3) is 0 Å². The lowest BCUT2D eigenvalue weighted by molar-refractivity contribution is 0.331. The van der Waals surface area contributed by atoms with E-state index in [0.717, 1.165) is 18.0 Å². The number of hydrogen-bond acceptors (Lipinski definition) is 2. The second-order valence-electron chi connectivity index (χ2n) is 4.32. The van der Waals surface area contributed by atoms with E-state index in [4.69, 9.17) is 5.73 Å². The van der Waals surface area contributed by atoms with Crippen LogP contribution in [-0.4, -0.2) is 34.4 Å². The van der Waals surface area contributed by atoms with Crippen molar-refractivity contribution in [3.63, 3.8) is 0 Å². The molecule has 17 heavy (non-hydrogen) atoms. The normalized spacial score (nSPS) is 26.0. The zero-order valence-corrected chi connectivity index (χ0v) is 11.2. The van der Waals surface area contributed by atoms with Crippen molar-refractivity contribution in [2.45, 2.75) is 25.1 Å². The Balaban J connectivity index is 2.14. The highest BCUT2D eigenvalue weighted by Gasteiger charge is 2.26. The van der Waals surface area contributed by atoms with Gasteiger partial charge in [0.25, 0.3) is 0 Å². The quantitative estimate of drug-likeness (QED) is 0.614. The van der Waals surface area contributed by atoms with E-state index < -0.39 is 0 Å². The van der Waals surface area contributed by atoms with Gasteiger partial charge in [0.05, 0.1) is 5.69 Å². The van der Waals surface area contributed by atoms with E-state index in [1.54, 1.807) is 0 Å². The van der Waals surface area contributed by atoms with Crippen LogP contribution in [0.4, 0.5) is 5.69 Å². The van der Waals surface area contributed by atoms with Crippen molar-refractivity contribution in [2.75, 3.05) is 12.3 Å². The van der Waals surface area contributed by atoms with Gasteiger partial charge in [0.2, 0.25) is 0 Å². The molecule has 1 aliphatic heterocycles. The molecule has 1 aliphatic rings. The zero-order chi connectivity index (χ0) is 12.3. The largest absolute Gasteiger partial charge is 0.369 e. The molecule has 3 nitrogen and oxygen atoms in total. The lowest BCUT2D eigenvalue weighted by atomic mass is 10.2. The van der Waals surface area contributed by atoms with E-state index in [0.29, 0.717) is 17.3 Å². The van der Waals surface area contributed by atoms with Gasteiger partial charge in [0, 0.05) is 23.6 Å². The summed E-state index contributed by atoms with van der Waals surface area (Å²) in [7, 11) is 0. The third kappa shape index (κ3) is 2.94. The number of nitrogens with two attached hydrogens (primary N) is 1. The Morgan fingerprint density at radius 2 is 2.06 bits per heavy atom. The highest BCUT2D eigenvalue weighted by molar-refractivity contribution is 8.00. The van der Waals surface area contributed by atoms with Gasteiger partial charge in [-0.05, 0) is 19.1 Å². The van der Waals surface area contributed by atoms with E-state index >= 15 is 0 Å². The summed E-state index contributed by atoms with van der Waals surface area (Å²) in [6, 6.07) is 10.3. The molecule has 0 bridgehead atoms. The first-order valence-electron chi connectivity index (χ1n) is 5.96. The fourth-order valence-electron chi connectivity index (χ4n) is 1.96. The fraction of sp³-hybridized carbons (Fsp3) is 0.462. The summed E-state index contributed by atoms with van der Waals surface area (Å²) < 4.78 is 0. The van der Waals surface area contributed by atoms with Gasteiger partial charge in [0.15, 0.2) is 5.96 Å². The first kappa shape index (κ1) is 12.3. The van der Waals surface area contributed by atoms with Gasteiger partial charge in [-0.2, -0.15) is 11.8 Å². The van der Waals surface area contributed by atoms with Gasteiger partial charge in [-0.15, -0.1) is 0 Å². The van der Waals surface area contributed by atoms with Crippen LogP contribution in [0.1, 0.15) is 13.8 Å². The molecule has 0 aromatic heterocycles. The van der Waals surface area contributed by atoms with Crippen LogP contribution in [0.5, 0.6) is 0 Å². The predicted molar refractivity (Wildman–Crippen MR) is 75.8 cm³/mol. The first-order chi connectivity index (χ1) is 8.18. The lowest BCUT2D eigenvalue weighted by Crippen LogP contribution is -2.50. The van der Waals surface area contributed by atoms with E-state index in [1.165, 1.54) is 0 Å². The van der Waals surface area contributed by atoms with Crippen molar-refractivity contribution in [3.05, 3.63) is 30.3 Å². The Hall–Kier alpha value is -1.16. The van der Waals surface area contributed by atoms with Crippen LogP contribution in [0, 0.1) is 0 Å². The van der Waals surface area contributed by atoms with Crippen molar-refractivity contribution < 1.29 is 0 Å². The van der Waals surface area contributed by atoms with Gasteiger partial charge in [-0.25, -0.2) is 4.99 Å². The maximum absolute atomic E-state index is 6.10. The molecule has 92 valence electrons. The van der Waals surface area contributed by atoms with E-state index in [9.17, 15) is 0 Å². The topological polar surface area (TPSA) is 41.6 Å². The minimum atomic E-state index is 0.446. The minimum Gasteiger partial charge on any atom is -0.369 e. The number of para-hydroxylation sites is 1. The van der Waals surface area contributed by atoms with Crippen molar-refractivity contribution >= 4 is 23.4 Å². The second kappa shape index (κ2) is 5.45. The maximum atomic E-state index is 6.10. The van der Waals surface area contributed by atoms with Gasteiger partial charge in [-0.1, -0.05) is 25.1 Å². The van der Waals surface area contributed by atoms with Crippen LogP contribution in [0.2, 0.25) is 0 Å². The van der Waals surface area contributed by atoms with Crippen molar-refractivity contribution in [1.29, 1.82) is 0 Å². The molecule has 0 radical (unpaired) electrons. The van der Waals surface area contributed by atoms with Gasteiger partial charge < -0.3 is 10.6 Å². The monoisotopic (exact) mass is 249 g/mol. The Morgan fingerprint density at radius 1 is 1.35 bits per heavy atom. The fourth-order valence-corrected chi connectivity index (χ4v) is 3.05. The summed E-state index contributed by atoms with van der Waals surface area (Å²) in [6.07, 6.45) is 0. The molecule has 1 aromatic carbocycles. The standard InChI is InChI=1S/C13H19N3S/c1-10-11(2)17-9-8-16(10)13(14)15-12-6-4-3-5-7-12/h3-7,10-11H,8-9H2,1-2H3,(H2,14,15). The highest BCUT2D eigenvalue weighted by atomic mass is 32.2. The Kier molecular flexibility index (Phi) is 3.94. The van der Waals surface area contributed by atoms with Crippen LogP contribution in [0.3, 0.4) is 0 Å². The molecule has 2 N–H and O–H groups in total. The molecule has 4 heteroatoms. The molecule has 0 amide bonds. The number of thioether (sulfide) groups is 1. The smallest absolute Gasteiger partial charge is 0.196 e. The zero-order valence-electron chi connectivity index (χ0n) is 10.3. The van der Waals surface area contributed by atoms with Crippen LogP contribution in [0.15, 0.2) is 35.3 Å². The summed E-state index contributed by atoms with van der Waals surface area (Å²) in [5, 5.41) is 0.605. The highest BCUT2D eigenvalue weighted by Crippen LogP contribution is 2.24. The molecule has 0 aliphatic carbocycles. The molecule has 1 fully saturated rings. The van der Waals surface area contributed by atoms with E-state index in [1.807, 2.05) is 42.1 Å². The molecule has 1 saturated heterocycles. The van der Waals surface area contributed by atoms with E-state index in [-0.39, 0.29) is 0 Å². The Labute approximate surface area is 107 Å². The van der Waals surface area contributed by atoms with E-state index in [2.05, 4.69) is 23.7 Å². The van der Waals surface area contributed by atoms with Crippen LogP contribution >= 0.6 is 11.8 Å². The van der Waals surface area contributed by atoms with Gasteiger partial charge in [0.1, 0.15) is 0 Å². The summed E-state index contributed by atoms with van der Waals surface area (Å²) in [6.45, 7) is 5.44. The maximum Gasteiger partial charge on any atom is 0.196 e. The molecule has 1 heterocycles. The summed E-state index contributed by atoms with van der Waals surface area (Å²) in [5.74, 6) is 1.76. The third-order valence-electron chi connectivity index (χ3n) is 3.18. The van der Waals surface area contributed by atoms with Crippen LogP contribution < -0.4 is 5.73 Å². The third-order valence-corrected chi connectivity index (χ3v) is 4.52. The molecule has 0 spiro atoms. The first-order valence-corrected chi connectivity index (χ1v) is 7.01. The van der Waals surface area contributed by atoms with Crippen molar-refractivity contribution in [3.8, 4) is 0 Å². The average molecular weight is 249 g/mol. The lowest BCUT2D eigenvalue weighted by Gasteiger charge is -2.38. The Morgan fingerprint density at radius 3 is 2.76 bits per heavy atom. The molecular weight excluding hydrogens is 230 g/mol. The Bertz CT molecular complexity index is 391. The van der Waals surface area contributed by atoms with Crippen LogP contribution in [-0.2, 0) is 0 Å². The molecule has 2 rings (SSSR count). The summed E-state index contributed by atoms with van der Waals surface area (Å²) in [4.78, 5) is 6.68. The number of guanidine groups is 1. The van der Waals surface area contributed by atoms with Crippen molar-refractivity contribution in [2.24, 2.45) is 10.7 Å². The number of hydrogen-bond donors (Lipinski definition) is 1. The molecule has 2 unspecified atom stereocenters. The summed E-state index contributed by atoms with van der Waals surface area (Å²) >= 11 is 2.00. The number of rotatable bonds is 1. The SMILES string of the molecule is CC1SCCN(C(N)=Nc2ccccc2)C1C. The molecular formula is C13H19N3S. The number of nitrogens with zero attached hydrogens (tertiary/aromatic N) is 2.